The molecule has 1 aliphatic rings. The number of carbonyl (C=O) groups is 1. The lowest BCUT2D eigenvalue weighted by atomic mass is 9.83. The third-order valence-electron chi connectivity index (χ3n) is 3.55. The summed E-state index contributed by atoms with van der Waals surface area (Å²) in [5.74, 6) is -0.0366. The van der Waals surface area contributed by atoms with Crippen molar-refractivity contribution in [3.63, 3.8) is 0 Å². The fraction of sp³-hybridized carbons (Fsp3) is 0.714. The smallest absolute Gasteiger partial charge is 0.188 e. The van der Waals surface area contributed by atoms with Gasteiger partial charge in [-0.2, -0.15) is 0 Å². The van der Waals surface area contributed by atoms with Crippen LogP contribution in [-0.2, 0) is 11.2 Å². The lowest BCUT2D eigenvalue weighted by Gasteiger charge is -2.26. The number of thiazole rings is 1. The van der Waals surface area contributed by atoms with E-state index in [0.29, 0.717) is 12.2 Å². The largest absolute Gasteiger partial charge is 0.369 e. The maximum absolute atomic E-state index is 12.6. The molecule has 2 heterocycles. The Morgan fingerprint density at radius 1 is 1.53 bits per heavy atom. The molecule has 0 aromatic carbocycles. The van der Waals surface area contributed by atoms with Gasteiger partial charge in [0.05, 0.1) is 22.1 Å². The Labute approximate surface area is 118 Å². The topological polar surface area (TPSA) is 65.2 Å². The van der Waals surface area contributed by atoms with Gasteiger partial charge in [-0.25, -0.2) is 4.98 Å². The maximum Gasteiger partial charge on any atom is 0.188 e. The lowest BCUT2D eigenvalue weighted by Crippen LogP contribution is -2.34. The third-order valence-corrected chi connectivity index (χ3v) is 4.46. The summed E-state index contributed by atoms with van der Waals surface area (Å²) < 4.78 is 5.98. The van der Waals surface area contributed by atoms with Crippen molar-refractivity contribution in [3.8, 4) is 0 Å². The van der Waals surface area contributed by atoms with Gasteiger partial charge in [0.2, 0.25) is 0 Å². The number of ether oxygens (including phenoxy) is 1. The van der Waals surface area contributed by atoms with Gasteiger partial charge in [-0.1, -0.05) is 0 Å². The van der Waals surface area contributed by atoms with Crippen LogP contribution in [0.25, 0.3) is 0 Å². The van der Waals surface area contributed by atoms with Gasteiger partial charge >= 0.3 is 0 Å². The molecule has 1 aromatic rings. The maximum atomic E-state index is 12.6. The van der Waals surface area contributed by atoms with E-state index in [-0.39, 0.29) is 17.3 Å². The Balaban J connectivity index is 2.19. The molecule has 2 N–H and O–H groups in total. The van der Waals surface area contributed by atoms with Crippen LogP contribution in [0, 0.1) is 5.92 Å². The van der Waals surface area contributed by atoms with Crippen LogP contribution in [0.4, 0.5) is 0 Å². The second-order valence-electron chi connectivity index (χ2n) is 6.25. The summed E-state index contributed by atoms with van der Waals surface area (Å²) in [5, 5.41) is 2.77. The molecule has 0 saturated carbocycles. The van der Waals surface area contributed by atoms with Crippen molar-refractivity contribution in [2.45, 2.75) is 51.7 Å². The van der Waals surface area contributed by atoms with Crippen LogP contribution in [0.5, 0.6) is 0 Å². The van der Waals surface area contributed by atoms with Gasteiger partial charge in [0.1, 0.15) is 5.69 Å². The molecule has 0 amide bonds. The van der Waals surface area contributed by atoms with E-state index in [9.17, 15) is 4.79 Å². The summed E-state index contributed by atoms with van der Waals surface area (Å²) >= 11 is 1.51. The van der Waals surface area contributed by atoms with E-state index < -0.39 is 5.60 Å². The Bertz CT molecular complexity index is 480. The molecule has 19 heavy (non-hydrogen) atoms. The molecule has 5 heteroatoms. The van der Waals surface area contributed by atoms with Crippen LogP contribution in [0.2, 0.25) is 0 Å². The van der Waals surface area contributed by atoms with E-state index in [2.05, 4.69) is 4.98 Å². The summed E-state index contributed by atoms with van der Waals surface area (Å²) in [6, 6.07) is 0. The van der Waals surface area contributed by atoms with E-state index in [4.69, 9.17) is 10.5 Å². The van der Waals surface area contributed by atoms with E-state index in [1.165, 1.54) is 11.3 Å². The minimum atomic E-state index is -0.432. The number of hydrogen-bond acceptors (Lipinski definition) is 5. The molecule has 0 bridgehead atoms. The number of carbonyl (C=O) groups excluding carboxylic acids is 1. The van der Waals surface area contributed by atoms with Gasteiger partial charge in [-0.05, 0) is 40.7 Å². The molecule has 2 rings (SSSR count). The van der Waals surface area contributed by atoms with Crippen LogP contribution in [0.1, 0.15) is 49.6 Å². The fourth-order valence-corrected chi connectivity index (χ4v) is 3.61. The molecule has 1 unspecified atom stereocenters. The fourth-order valence-electron chi connectivity index (χ4n) is 2.81. The minimum absolute atomic E-state index is 0.0927. The number of hydrogen-bond donors (Lipinski definition) is 1. The predicted molar refractivity (Wildman–Crippen MR) is 76.6 cm³/mol. The lowest BCUT2D eigenvalue weighted by molar-refractivity contribution is -0.0712. The Morgan fingerprint density at radius 3 is 2.74 bits per heavy atom. The predicted octanol–water partition coefficient (Wildman–Crippen LogP) is 2.42. The van der Waals surface area contributed by atoms with Gasteiger partial charge in [-0.3, -0.25) is 4.79 Å². The van der Waals surface area contributed by atoms with Crippen molar-refractivity contribution in [1.82, 2.24) is 4.98 Å². The first-order chi connectivity index (χ1) is 8.75. The molecule has 1 aromatic heterocycles. The SMILES string of the molecule is CC1(C)CC(C(=O)c2csc(CCN)n2)C(C)(C)O1. The Hall–Kier alpha value is -0.780. The molecule has 1 saturated heterocycles. The summed E-state index contributed by atoms with van der Waals surface area (Å²) in [4.78, 5) is 17.0. The number of rotatable bonds is 4. The van der Waals surface area contributed by atoms with Crippen molar-refractivity contribution < 1.29 is 9.53 Å². The second-order valence-corrected chi connectivity index (χ2v) is 7.19. The number of nitrogens with zero attached hydrogens (tertiary/aromatic N) is 1. The quantitative estimate of drug-likeness (QED) is 0.861. The van der Waals surface area contributed by atoms with Crippen molar-refractivity contribution >= 4 is 17.1 Å². The molecule has 1 aliphatic heterocycles. The first-order valence-electron chi connectivity index (χ1n) is 6.64. The number of aromatic nitrogens is 1. The first-order valence-corrected chi connectivity index (χ1v) is 7.52. The molecule has 106 valence electrons. The highest BCUT2D eigenvalue weighted by atomic mass is 32.1. The number of ketones is 1. The van der Waals surface area contributed by atoms with E-state index in [1.54, 1.807) is 0 Å². The standard InChI is InChI=1S/C14H22N2O2S/c1-13(2)7-9(14(3,4)18-13)12(17)10-8-19-11(16-10)5-6-15/h8-9H,5-7,15H2,1-4H3. The van der Waals surface area contributed by atoms with Crippen molar-refractivity contribution in [3.05, 3.63) is 16.1 Å². The Kier molecular flexibility index (Phi) is 3.82. The average molecular weight is 282 g/mol. The van der Waals surface area contributed by atoms with Crippen molar-refractivity contribution in [2.24, 2.45) is 11.7 Å². The zero-order valence-electron chi connectivity index (χ0n) is 12.0. The molecule has 0 radical (unpaired) electrons. The first kappa shape index (κ1) is 14.6. The monoisotopic (exact) mass is 282 g/mol. The van der Waals surface area contributed by atoms with E-state index >= 15 is 0 Å². The number of nitrogens with two attached hydrogens (primary N) is 1. The van der Waals surface area contributed by atoms with Gasteiger partial charge in [0, 0.05) is 11.8 Å². The zero-order valence-corrected chi connectivity index (χ0v) is 12.8. The molecular formula is C14H22N2O2S. The highest BCUT2D eigenvalue weighted by molar-refractivity contribution is 7.09. The molecule has 1 atom stereocenters. The molecule has 0 aliphatic carbocycles. The van der Waals surface area contributed by atoms with E-state index in [0.717, 1.165) is 17.8 Å². The molecule has 1 fully saturated rings. The van der Waals surface area contributed by atoms with E-state index in [1.807, 2.05) is 33.1 Å². The van der Waals surface area contributed by atoms with Crippen molar-refractivity contribution in [1.29, 1.82) is 0 Å². The van der Waals surface area contributed by atoms with Gasteiger partial charge in [-0.15, -0.1) is 11.3 Å². The molecule has 0 spiro atoms. The van der Waals surface area contributed by atoms with Gasteiger partial charge in [0.25, 0.3) is 0 Å². The highest BCUT2D eigenvalue weighted by Crippen LogP contribution is 2.43. The minimum Gasteiger partial charge on any atom is -0.369 e. The summed E-state index contributed by atoms with van der Waals surface area (Å²) in [7, 11) is 0. The van der Waals surface area contributed by atoms with Crippen LogP contribution in [0.15, 0.2) is 5.38 Å². The zero-order chi connectivity index (χ0) is 14.3. The highest BCUT2D eigenvalue weighted by Gasteiger charge is 2.49. The third kappa shape index (κ3) is 3.04. The molecular weight excluding hydrogens is 260 g/mol. The number of Topliss-reactive ketones (excluding diaryl/α,β-unsaturated/α-hetero) is 1. The average Bonchev–Trinajstić information content (AvgIpc) is 2.80. The van der Waals surface area contributed by atoms with Gasteiger partial charge in [0.15, 0.2) is 5.78 Å². The normalized spacial score (nSPS) is 24.6. The summed E-state index contributed by atoms with van der Waals surface area (Å²) in [6.45, 7) is 8.59. The van der Waals surface area contributed by atoms with Crippen LogP contribution < -0.4 is 5.73 Å². The van der Waals surface area contributed by atoms with Gasteiger partial charge < -0.3 is 10.5 Å². The van der Waals surface area contributed by atoms with Crippen LogP contribution >= 0.6 is 11.3 Å². The van der Waals surface area contributed by atoms with Crippen molar-refractivity contribution in [2.75, 3.05) is 6.54 Å². The van der Waals surface area contributed by atoms with Crippen LogP contribution in [0.3, 0.4) is 0 Å². The second kappa shape index (κ2) is 4.96. The summed E-state index contributed by atoms with van der Waals surface area (Å²) in [5.41, 5.74) is 5.39. The Morgan fingerprint density at radius 2 is 2.21 bits per heavy atom. The molecule has 4 nitrogen and oxygen atoms in total. The summed E-state index contributed by atoms with van der Waals surface area (Å²) in [6.07, 6.45) is 1.47. The van der Waals surface area contributed by atoms with Crippen LogP contribution in [-0.4, -0.2) is 28.5 Å².